The smallest absolute Gasteiger partial charge is 0.0478 e. The van der Waals surface area contributed by atoms with Crippen LogP contribution in [0.25, 0.3) is 0 Å². The number of ether oxygens (including phenoxy) is 1. The monoisotopic (exact) mass is 227 g/mol. The van der Waals surface area contributed by atoms with E-state index in [9.17, 15) is 0 Å². The normalized spacial score (nSPS) is 24.8. The largest absolute Gasteiger partial charge is 0.381 e. The van der Waals surface area contributed by atoms with Crippen molar-refractivity contribution in [1.82, 2.24) is 5.32 Å². The van der Waals surface area contributed by atoms with E-state index in [1.165, 1.54) is 25.7 Å². The first-order chi connectivity index (χ1) is 7.74. The summed E-state index contributed by atoms with van der Waals surface area (Å²) in [7, 11) is 0. The lowest BCUT2D eigenvalue weighted by Crippen LogP contribution is -2.43. The van der Waals surface area contributed by atoms with Gasteiger partial charge in [-0.15, -0.1) is 0 Å². The molecule has 0 atom stereocenters. The minimum Gasteiger partial charge on any atom is -0.381 e. The van der Waals surface area contributed by atoms with Crippen molar-refractivity contribution in [3.63, 3.8) is 0 Å². The summed E-state index contributed by atoms with van der Waals surface area (Å²) in [5.41, 5.74) is 0. The van der Waals surface area contributed by atoms with Gasteiger partial charge in [0.25, 0.3) is 0 Å². The molecule has 0 bridgehead atoms. The van der Waals surface area contributed by atoms with E-state index >= 15 is 0 Å². The van der Waals surface area contributed by atoms with Gasteiger partial charge in [0.1, 0.15) is 0 Å². The molecule has 96 valence electrons. The van der Waals surface area contributed by atoms with Gasteiger partial charge >= 0.3 is 0 Å². The van der Waals surface area contributed by atoms with Crippen molar-refractivity contribution >= 4 is 0 Å². The summed E-state index contributed by atoms with van der Waals surface area (Å²) in [5.74, 6) is 1.84. The van der Waals surface area contributed by atoms with Crippen LogP contribution < -0.4 is 5.32 Å². The summed E-state index contributed by atoms with van der Waals surface area (Å²) in [5, 5.41) is 3.61. The quantitative estimate of drug-likeness (QED) is 0.611. The van der Waals surface area contributed by atoms with E-state index in [0.29, 0.717) is 0 Å². The van der Waals surface area contributed by atoms with Gasteiger partial charge in [0.15, 0.2) is 0 Å². The minimum atomic E-state index is 0.794. The van der Waals surface area contributed by atoms with Crippen molar-refractivity contribution in [2.24, 2.45) is 11.8 Å². The molecule has 0 radical (unpaired) electrons. The molecule has 1 rings (SSSR count). The molecular formula is C14H29NO. The second-order valence-electron chi connectivity index (χ2n) is 5.45. The van der Waals surface area contributed by atoms with E-state index in [1.807, 2.05) is 0 Å². The van der Waals surface area contributed by atoms with E-state index in [-0.39, 0.29) is 0 Å². The third kappa shape index (κ3) is 5.31. The molecule has 0 spiro atoms. The van der Waals surface area contributed by atoms with Gasteiger partial charge in [0.2, 0.25) is 0 Å². The first kappa shape index (κ1) is 14.0. The van der Waals surface area contributed by atoms with Crippen molar-refractivity contribution in [2.45, 2.75) is 58.9 Å². The number of unbranched alkanes of at least 4 members (excludes halogenated alkanes) is 1. The van der Waals surface area contributed by atoms with Crippen LogP contribution in [0.2, 0.25) is 0 Å². The number of nitrogens with one attached hydrogen (secondary N) is 1. The summed E-state index contributed by atoms with van der Waals surface area (Å²) >= 11 is 0. The van der Waals surface area contributed by atoms with Crippen molar-refractivity contribution in [3.05, 3.63) is 0 Å². The van der Waals surface area contributed by atoms with E-state index < -0.39 is 0 Å². The van der Waals surface area contributed by atoms with Crippen LogP contribution in [-0.2, 0) is 4.74 Å². The zero-order valence-electron chi connectivity index (χ0n) is 11.3. The lowest BCUT2D eigenvalue weighted by atomic mass is 9.74. The fraction of sp³-hybridized carbons (Fsp3) is 1.00. The Morgan fingerprint density at radius 3 is 2.50 bits per heavy atom. The minimum absolute atomic E-state index is 0.794. The van der Waals surface area contributed by atoms with Crippen LogP contribution in [0.15, 0.2) is 0 Å². The predicted octanol–water partition coefficient (Wildman–Crippen LogP) is 3.22. The van der Waals surface area contributed by atoms with Gasteiger partial charge in [-0.25, -0.2) is 0 Å². The van der Waals surface area contributed by atoms with Crippen molar-refractivity contribution in [2.75, 3.05) is 19.8 Å². The maximum atomic E-state index is 5.53. The molecule has 0 aromatic carbocycles. The number of rotatable bonds is 9. The highest BCUT2D eigenvalue weighted by Crippen LogP contribution is 2.33. The molecule has 0 saturated heterocycles. The average Bonchev–Trinajstić information content (AvgIpc) is 2.18. The maximum absolute atomic E-state index is 5.53. The summed E-state index contributed by atoms with van der Waals surface area (Å²) in [6, 6.07) is 0.794. The molecule has 0 aromatic rings. The molecule has 2 heteroatoms. The molecule has 1 fully saturated rings. The zero-order chi connectivity index (χ0) is 11.8. The summed E-state index contributed by atoms with van der Waals surface area (Å²) in [6.45, 7) is 9.86. The third-order valence-electron chi connectivity index (χ3n) is 3.66. The molecular weight excluding hydrogens is 198 g/mol. The van der Waals surface area contributed by atoms with Crippen molar-refractivity contribution in [3.8, 4) is 0 Å². The number of hydrogen-bond donors (Lipinski definition) is 1. The molecule has 1 aliphatic carbocycles. The molecule has 1 N–H and O–H groups in total. The summed E-state index contributed by atoms with van der Waals surface area (Å²) in [4.78, 5) is 0. The first-order valence-corrected chi connectivity index (χ1v) is 7.05. The molecule has 1 aliphatic rings. The fourth-order valence-corrected chi connectivity index (χ4v) is 2.20. The SMILES string of the molecule is CCCCOCCCNC1CC(C(C)C)C1. The Bertz CT molecular complexity index is 164. The van der Waals surface area contributed by atoms with Crippen LogP contribution in [0.3, 0.4) is 0 Å². The molecule has 0 heterocycles. The van der Waals surface area contributed by atoms with Crippen LogP contribution in [0.4, 0.5) is 0 Å². The molecule has 0 unspecified atom stereocenters. The van der Waals surface area contributed by atoms with E-state index in [2.05, 4.69) is 26.1 Å². The van der Waals surface area contributed by atoms with Crippen LogP contribution in [0.1, 0.15) is 52.9 Å². The van der Waals surface area contributed by atoms with E-state index in [4.69, 9.17) is 4.74 Å². The van der Waals surface area contributed by atoms with Gasteiger partial charge in [-0.05, 0) is 44.1 Å². The highest BCUT2D eigenvalue weighted by Gasteiger charge is 2.30. The Kier molecular flexibility index (Phi) is 7.06. The Balaban J connectivity index is 1.79. The van der Waals surface area contributed by atoms with Gasteiger partial charge in [-0.3, -0.25) is 0 Å². The van der Waals surface area contributed by atoms with Gasteiger partial charge in [-0.1, -0.05) is 27.2 Å². The Morgan fingerprint density at radius 1 is 1.19 bits per heavy atom. The van der Waals surface area contributed by atoms with Gasteiger partial charge in [0, 0.05) is 19.3 Å². The average molecular weight is 227 g/mol. The van der Waals surface area contributed by atoms with Gasteiger partial charge < -0.3 is 10.1 Å². The van der Waals surface area contributed by atoms with Crippen LogP contribution in [-0.4, -0.2) is 25.8 Å². The van der Waals surface area contributed by atoms with Crippen LogP contribution in [0, 0.1) is 11.8 Å². The Labute approximate surface area is 101 Å². The standard InChI is InChI=1S/C14H29NO/c1-4-5-8-16-9-6-7-15-14-10-13(11-14)12(2)3/h12-15H,4-11H2,1-3H3. The Hall–Kier alpha value is -0.0800. The van der Waals surface area contributed by atoms with Crippen molar-refractivity contribution < 1.29 is 4.74 Å². The second-order valence-corrected chi connectivity index (χ2v) is 5.45. The molecule has 0 aliphatic heterocycles. The third-order valence-corrected chi connectivity index (χ3v) is 3.66. The molecule has 0 amide bonds. The lowest BCUT2D eigenvalue weighted by molar-refractivity contribution is 0.122. The molecule has 0 aromatic heterocycles. The molecule has 2 nitrogen and oxygen atoms in total. The second kappa shape index (κ2) is 8.08. The summed E-state index contributed by atoms with van der Waals surface area (Å²) in [6.07, 6.45) is 6.36. The van der Waals surface area contributed by atoms with Gasteiger partial charge in [0.05, 0.1) is 0 Å². The number of hydrogen-bond acceptors (Lipinski definition) is 2. The van der Waals surface area contributed by atoms with Crippen LogP contribution >= 0.6 is 0 Å². The molecule has 1 saturated carbocycles. The predicted molar refractivity (Wildman–Crippen MR) is 69.7 cm³/mol. The first-order valence-electron chi connectivity index (χ1n) is 7.05. The van der Waals surface area contributed by atoms with Crippen LogP contribution in [0.5, 0.6) is 0 Å². The van der Waals surface area contributed by atoms with Gasteiger partial charge in [-0.2, -0.15) is 0 Å². The Morgan fingerprint density at radius 2 is 1.88 bits per heavy atom. The van der Waals surface area contributed by atoms with Crippen molar-refractivity contribution in [1.29, 1.82) is 0 Å². The van der Waals surface area contributed by atoms with E-state index in [0.717, 1.165) is 44.1 Å². The topological polar surface area (TPSA) is 21.3 Å². The van der Waals surface area contributed by atoms with E-state index in [1.54, 1.807) is 0 Å². The maximum Gasteiger partial charge on any atom is 0.0478 e. The fourth-order valence-electron chi connectivity index (χ4n) is 2.20. The molecule has 16 heavy (non-hydrogen) atoms. The highest BCUT2D eigenvalue weighted by atomic mass is 16.5. The highest BCUT2D eigenvalue weighted by molar-refractivity contribution is 4.86. The lowest BCUT2D eigenvalue weighted by Gasteiger charge is -2.38. The summed E-state index contributed by atoms with van der Waals surface area (Å²) < 4.78 is 5.53. The zero-order valence-corrected chi connectivity index (χ0v) is 11.3.